The van der Waals surface area contributed by atoms with Gasteiger partial charge < -0.3 is 39.9 Å². The molecule has 2 rings (SSSR count). The fourth-order valence-corrected chi connectivity index (χ4v) is 3.25. The Balaban J connectivity index is 2.40. The molecule has 0 spiro atoms. The highest BCUT2D eigenvalue weighted by atomic mass is 16.8. The molecule has 0 saturated carbocycles. The van der Waals surface area contributed by atoms with Gasteiger partial charge in [-0.05, 0) is 58.0 Å². The van der Waals surface area contributed by atoms with Crippen LogP contribution < -0.4 is 21.1 Å². The van der Waals surface area contributed by atoms with Crippen LogP contribution in [0.1, 0.15) is 34.6 Å². The minimum atomic E-state index is -1.69. The van der Waals surface area contributed by atoms with E-state index in [-0.39, 0.29) is 18.0 Å². The van der Waals surface area contributed by atoms with Gasteiger partial charge in [0.2, 0.25) is 0 Å². The number of hydrogen-bond donors (Lipinski definition) is 2. The van der Waals surface area contributed by atoms with E-state index in [2.05, 4.69) is 0 Å². The van der Waals surface area contributed by atoms with E-state index in [9.17, 15) is 4.79 Å². The van der Waals surface area contributed by atoms with Crippen LogP contribution in [0.25, 0.3) is 0 Å². The van der Waals surface area contributed by atoms with E-state index >= 15 is 0 Å². The summed E-state index contributed by atoms with van der Waals surface area (Å²) in [4.78, 5) is 14.6. The second-order valence-electron chi connectivity index (χ2n) is 7.49. The Kier molecular flexibility index (Phi) is 10.1. The second kappa shape index (κ2) is 12.5. The van der Waals surface area contributed by atoms with Crippen LogP contribution in [-0.2, 0) is 23.7 Å². The van der Waals surface area contributed by atoms with Gasteiger partial charge in [-0.1, -0.05) is 18.2 Å². The molecule has 2 aromatic carbocycles. The monoisotopic (exact) mass is 477 g/mol. The van der Waals surface area contributed by atoms with Crippen molar-refractivity contribution in [2.45, 2.75) is 59.4 Å². The number of nitrogens with zero attached hydrogens (tertiary/aromatic N) is 1. The maximum absolute atomic E-state index is 13.5. The van der Waals surface area contributed by atoms with Crippen LogP contribution in [0, 0.1) is 0 Å². The average Bonchev–Trinajstić information content (AvgIpc) is 2.76. The molecule has 4 N–H and O–H groups in total. The number of nitrogen functional groups attached to an aromatic ring is 2. The Morgan fingerprint density at radius 3 is 2.26 bits per heavy atom. The molecule has 0 radical (unpaired) electrons. The maximum atomic E-state index is 13.5. The SMILES string of the molecule is CCOC(C)(OC(C)OC(C)OC(C)OC)N(C(=O)Oc1ccccc1)c1cc(N)ccc1N. The number of anilines is 3. The Morgan fingerprint density at radius 2 is 1.65 bits per heavy atom. The van der Waals surface area contributed by atoms with E-state index in [1.807, 2.05) is 6.07 Å². The molecule has 1 amide bonds. The van der Waals surface area contributed by atoms with Gasteiger partial charge in [0, 0.05) is 26.3 Å². The lowest BCUT2D eigenvalue weighted by atomic mass is 10.2. The zero-order chi connectivity index (χ0) is 25.3. The van der Waals surface area contributed by atoms with Gasteiger partial charge in [0.25, 0.3) is 5.91 Å². The molecule has 4 atom stereocenters. The quantitative estimate of drug-likeness (QED) is 0.340. The predicted molar refractivity (Wildman–Crippen MR) is 129 cm³/mol. The van der Waals surface area contributed by atoms with E-state index in [4.69, 9.17) is 39.9 Å². The molecule has 0 fully saturated rings. The van der Waals surface area contributed by atoms with Gasteiger partial charge in [-0.2, -0.15) is 0 Å². The first-order valence-electron chi connectivity index (χ1n) is 11.0. The van der Waals surface area contributed by atoms with Crippen LogP contribution in [0.2, 0.25) is 0 Å². The van der Waals surface area contributed by atoms with Crippen molar-refractivity contribution in [3.8, 4) is 5.75 Å². The summed E-state index contributed by atoms with van der Waals surface area (Å²) in [5.74, 6) is -1.35. The number of benzene rings is 2. The molecule has 188 valence electrons. The van der Waals surface area contributed by atoms with E-state index in [1.54, 1.807) is 77.1 Å². The van der Waals surface area contributed by atoms with E-state index in [1.165, 1.54) is 12.0 Å². The van der Waals surface area contributed by atoms with Crippen molar-refractivity contribution < 1.29 is 33.2 Å². The molecule has 34 heavy (non-hydrogen) atoms. The molecule has 0 bridgehead atoms. The van der Waals surface area contributed by atoms with Gasteiger partial charge in [-0.3, -0.25) is 0 Å². The van der Waals surface area contributed by atoms with Crippen LogP contribution in [0.4, 0.5) is 21.9 Å². The second-order valence-corrected chi connectivity index (χ2v) is 7.49. The molecule has 10 nitrogen and oxygen atoms in total. The topological polar surface area (TPSA) is 128 Å². The molecule has 0 aliphatic carbocycles. The van der Waals surface area contributed by atoms with E-state index in [0.29, 0.717) is 11.4 Å². The van der Waals surface area contributed by atoms with Crippen LogP contribution in [-0.4, -0.2) is 44.6 Å². The minimum Gasteiger partial charge on any atom is -0.410 e. The summed E-state index contributed by atoms with van der Waals surface area (Å²) in [7, 11) is 1.52. The zero-order valence-corrected chi connectivity index (χ0v) is 20.5. The molecule has 0 aliphatic heterocycles. The highest BCUT2D eigenvalue weighted by Gasteiger charge is 2.43. The summed E-state index contributed by atoms with van der Waals surface area (Å²) in [6, 6.07) is 13.4. The number of methoxy groups -OCH3 is 1. The van der Waals surface area contributed by atoms with Crippen LogP contribution in [0.5, 0.6) is 5.75 Å². The first-order chi connectivity index (χ1) is 16.1. The fraction of sp³-hybridized carbons (Fsp3) is 0.458. The van der Waals surface area contributed by atoms with Gasteiger partial charge in [-0.25, -0.2) is 9.69 Å². The van der Waals surface area contributed by atoms with Crippen molar-refractivity contribution in [1.82, 2.24) is 0 Å². The predicted octanol–water partition coefficient (Wildman–Crippen LogP) is 4.30. The summed E-state index contributed by atoms with van der Waals surface area (Å²) in [6.45, 7) is 8.62. The normalized spacial score (nSPS) is 15.7. The third-order valence-electron chi connectivity index (χ3n) is 4.73. The van der Waals surface area contributed by atoms with Crippen molar-refractivity contribution in [3.63, 3.8) is 0 Å². The summed E-state index contributed by atoms with van der Waals surface area (Å²) >= 11 is 0. The Morgan fingerprint density at radius 1 is 1.00 bits per heavy atom. The molecule has 10 heteroatoms. The van der Waals surface area contributed by atoms with Crippen molar-refractivity contribution in [1.29, 1.82) is 0 Å². The van der Waals surface area contributed by atoms with Crippen LogP contribution in [0.15, 0.2) is 48.5 Å². The summed E-state index contributed by atoms with van der Waals surface area (Å²) in [5, 5.41) is 0. The van der Waals surface area contributed by atoms with Crippen molar-refractivity contribution in [3.05, 3.63) is 48.5 Å². The molecule has 4 unspecified atom stereocenters. The van der Waals surface area contributed by atoms with Gasteiger partial charge in [0.1, 0.15) is 5.75 Å². The molecular weight excluding hydrogens is 442 g/mol. The van der Waals surface area contributed by atoms with Crippen LogP contribution in [0.3, 0.4) is 0 Å². The van der Waals surface area contributed by atoms with Crippen molar-refractivity contribution in [2.75, 3.05) is 30.1 Å². The summed E-state index contributed by atoms with van der Waals surface area (Å²) in [6.07, 6.45) is -2.81. The smallest absolute Gasteiger partial charge is 0.410 e. The first-order valence-corrected chi connectivity index (χ1v) is 11.0. The van der Waals surface area contributed by atoms with Gasteiger partial charge >= 0.3 is 6.09 Å². The lowest BCUT2D eigenvalue weighted by Gasteiger charge is -2.41. The average molecular weight is 478 g/mol. The van der Waals surface area contributed by atoms with Gasteiger partial charge in [0.15, 0.2) is 18.9 Å². The maximum Gasteiger partial charge on any atom is 0.424 e. The number of ether oxygens (including phenoxy) is 6. The number of nitrogens with two attached hydrogens (primary N) is 2. The molecule has 0 saturated heterocycles. The minimum absolute atomic E-state index is 0.202. The van der Waals surface area contributed by atoms with Gasteiger partial charge in [0.05, 0.1) is 11.4 Å². The summed E-state index contributed by atoms with van der Waals surface area (Å²) < 4.78 is 34.0. The Bertz CT molecular complexity index is 915. The zero-order valence-electron chi connectivity index (χ0n) is 20.5. The lowest BCUT2D eigenvalue weighted by Crippen LogP contribution is -2.57. The summed E-state index contributed by atoms with van der Waals surface area (Å²) in [5.41, 5.74) is 13.1. The Hall–Kier alpha value is -2.89. The van der Waals surface area contributed by atoms with E-state index < -0.39 is 30.9 Å². The van der Waals surface area contributed by atoms with Crippen LogP contribution >= 0.6 is 0 Å². The fourth-order valence-electron chi connectivity index (χ4n) is 3.25. The number of rotatable bonds is 12. The molecule has 0 aromatic heterocycles. The lowest BCUT2D eigenvalue weighted by molar-refractivity contribution is -0.333. The molecule has 2 aromatic rings. The van der Waals surface area contributed by atoms with Crippen molar-refractivity contribution in [2.24, 2.45) is 0 Å². The number of carbonyl (C=O) groups excluding carboxylic acids is 1. The van der Waals surface area contributed by atoms with E-state index in [0.717, 1.165) is 0 Å². The standard InChI is InChI=1S/C24H35N3O7/c1-7-30-24(5,34-18(4)32-17(3)31-16(2)29-6)27(22-15-19(25)13-14-21(22)26)23(28)33-20-11-9-8-10-12-20/h8-18H,7,25-26H2,1-6H3. The number of amides is 1. The number of hydrogen-bond acceptors (Lipinski definition) is 9. The highest BCUT2D eigenvalue weighted by molar-refractivity contribution is 5.94. The Labute approximate surface area is 200 Å². The first kappa shape index (κ1) is 27.4. The van der Waals surface area contributed by atoms with Gasteiger partial charge in [-0.15, -0.1) is 0 Å². The molecular formula is C24H35N3O7. The molecule has 0 heterocycles. The third kappa shape index (κ3) is 7.57. The molecule has 0 aliphatic rings. The van der Waals surface area contributed by atoms with Crippen molar-refractivity contribution >= 4 is 23.2 Å². The third-order valence-corrected chi connectivity index (χ3v) is 4.73. The number of carbonyl (C=O) groups is 1. The largest absolute Gasteiger partial charge is 0.424 e. The highest BCUT2D eigenvalue weighted by Crippen LogP contribution is 2.35. The number of para-hydroxylation sites is 1.